The molecule has 0 atom stereocenters. The molecule has 0 aliphatic carbocycles. The summed E-state index contributed by atoms with van der Waals surface area (Å²) in [7, 11) is 0. The van der Waals surface area contributed by atoms with Crippen LogP contribution in [-0.4, -0.2) is 10.1 Å². The Balaban J connectivity index is 1.88. The first-order chi connectivity index (χ1) is 8.65. The Labute approximate surface area is 111 Å². The number of nitrogens with zero attached hydrogens (tertiary/aromatic N) is 1. The molecule has 4 heteroatoms. The fourth-order valence-corrected chi connectivity index (χ4v) is 1.82. The molecule has 0 unspecified atom stereocenters. The van der Waals surface area contributed by atoms with Crippen LogP contribution in [-0.2, 0) is 13.1 Å². The number of hydrogen-bond donors (Lipinski definition) is 2. The van der Waals surface area contributed by atoms with E-state index in [0.717, 1.165) is 23.4 Å². The van der Waals surface area contributed by atoms with Gasteiger partial charge in [0.15, 0.2) is 0 Å². The van der Waals surface area contributed by atoms with Gasteiger partial charge in [0.05, 0.1) is 5.02 Å². The van der Waals surface area contributed by atoms with Crippen molar-refractivity contribution in [3.63, 3.8) is 0 Å². The number of benzene rings is 1. The molecular formula is C14H15ClN2O. The van der Waals surface area contributed by atoms with Crippen molar-refractivity contribution in [2.75, 3.05) is 0 Å². The number of aryl methyl sites for hydroxylation is 1. The van der Waals surface area contributed by atoms with Gasteiger partial charge in [-0.15, -0.1) is 0 Å². The van der Waals surface area contributed by atoms with E-state index in [1.165, 1.54) is 0 Å². The summed E-state index contributed by atoms with van der Waals surface area (Å²) in [6.07, 6.45) is 1.87. The van der Waals surface area contributed by atoms with Gasteiger partial charge in [0.1, 0.15) is 5.75 Å². The Kier molecular flexibility index (Phi) is 4.18. The normalized spacial score (nSPS) is 10.6. The molecule has 1 heterocycles. The van der Waals surface area contributed by atoms with Gasteiger partial charge in [-0.1, -0.05) is 23.7 Å². The minimum Gasteiger partial charge on any atom is -0.506 e. The van der Waals surface area contributed by atoms with E-state index in [1.54, 1.807) is 12.1 Å². The van der Waals surface area contributed by atoms with Crippen molar-refractivity contribution in [2.45, 2.75) is 20.0 Å². The molecule has 0 fully saturated rings. The third kappa shape index (κ3) is 3.45. The Morgan fingerprint density at radius 2 is 1.89 bits per heavy atom. The molecule has 0 saturated carbocycles. The number of rotatable bonds is 4. The zero-order chi connectivity index (χ0) is 13.0. The van der Waals surface area contributed by atoms with Crippen LogP contribution in [0.15, 0.2) is 36.5 Å². The zero-order valence-electron chi connectivity index (χ0n) is 10.2. The number of halogens is 1. The molecule has 94 valence electrons. The van der Waals surface area contributed by atoms with Crippen LogP contribution >= 0.6 is 11.6 Å². The van der Waals surface area contributed by atoms with Gasteiger partial charge in [0, 0.05) is 25.0 Å². The van der Waals surface area contributed by atoms with E-state index < -0.39 is 0 Å². The Morgan fingerprint density at radius 1 is 1.17 bits per heavy atom. The molecule has 3 nitrogen and oxygen atoms in total. The van der Waals surface area contributed by atoms with Crippen LogP contribution in [0, 0.1) is 6.92 Å². The van der Waals surface area contributed by atoms with Crippen molar-refractivity contribution in [3.8, 4) is 5.75 Å². The number of aromatic hydroxyl groups is 1. The third-order valence-corrected chi connectivity index (χ3v) is 2.95. The number of aromatic nitrogens is 1. The molecule has 0 saturated heterocycles. The fraction of sp³-hybridized carbons (Fsp3) is 0.214. The Morgan fingerprint density at radius 3 is 2.56 bits per heavy atom. The molecule has 1 aromatic heterocycles. The fourth-order valence-electron chi connectivity index (χ4n) is 1.61. The maximum absolute atomic E-state index is 9.31. The van der Waals surface area contributed by atoms with Crippen LogP contribution in [0.25, 0.3) is 0 Å². The van der Waals surface area contributed by atoms with Crippen molar-refractivity contribution in [1.29, 1.82) is 0 Å². The molecule has 0 aliphatic heterocycles. The quantitative estimate of drug-likeness (QED) is 0.890. The van der Waals surface area contributed by atoms with Gasteiger partial charge in [0.2, 0.25) is 0 Å². The van der Waals surface area contributed by atoms with Gasteiger partial charge in [-0.25, -0.2) is 0 Å². The molecule has 0 aliphatic rings. The Hall–Kier alpha value is -1.58. The van der Waals surface area contributed by atoms with Crippen LogP contribution in [0.2, 0.25) is 5.02 Å². The van der Waals surface area contributed by atoms with Crippen molar-refractivity contribution in [3.05, 3.63) is 58.4 Å². The summed E-state index contributed by atoms with van der Waals surface area (Å²) >= 11 is 5.84. The molecule has 2 N–H and O–H groups in total. The van der Waals surface area contributed by atoms with Crippen molar-refractivity contribution >= 4 is 11.6 Å². The van der Waals surface area contributed by atoms with Gasteiger partial charge in [0.25, 0.3) is 0 Å². The van der Waals surface area contributed by atoms with Gasteiger partial charge in [-0.2, -0.15) is 0 Å². The standard InChI is InChI=1S/C14H15ClN2O/c1-10-2-3-12(9-17-10)8-16-7-11-4-5-14(18)13(15)6-11/h2-6,9,16,18H,7-8H2,1H3. The van der Waals surface area contributed by atoms with E-state index in [1.807, 2.05) is 25.3 Å². The highest BCUT2D eigenvalue weighted by molar-refractivity contribution is 6.32. The smallest absolute Gasteiger partial charge is 0.134 e. The first kappa shape index (κ1) is 12.9. The second-order valence-electron chi connectivity index (χ2n) is 4.20. The molecular weight excluding hydrogens is 248 g/mol. The monoisotopic (exact) mass is 262 g/mol. The van der Waals surface area contributed by atoms with E-state index in [0.29, 0.717) is 11.6 Å². The number of hydrogen-bond acceptors (Lipinski definition) is 3. The molecule has 1 aromatic carbocycles. The summed E-state index contributed by atoms with van der Waals surface area (Å²) < 4.78 is 0. The lowest BCUT2D eigenvalue weighted by Crippen LogP contribution is -2.12. The summed E-state index contributed by atoms with van der Waals surface area (Å²) in [4.78, 5) is 4.24. The average molecular weight is 263 g/mol. The van der Waals surface area contributed by atoms with E-state index in [-0.39, 0.29) is 5.75 Å². The molecule has 0 bridgehead atoms. The van der Waals surface area contributed by atoms with Crippen molar-refractivity contribution in [2.24, 2.45) is 0 Å². The van der Waals surface area contributed by atoms with Gasteiger partial charge < -0.3 is 10.4 Å². The van der Waals surface area contributed by atoms with Crippen LogP contribution in [0.1, 0.15) is 16.8 Å². The predicted molar refractivity (Wildman–Crippen MR) is 72.6 cm³/mol. The summed E-state index contributed by atoms with van der Waals surface area (Å²) in [6, 6.07) is 9.26. The van der Waals surface area contributed by atoms with Crippen LogP contribution < -0.4 is 5.32 Å². The van der Waals surface area contributed by atoms with E-state index >= 15 is 0 Å². The van der Waals surface area contributed by atoms with E-state index in [2.05, 4.69) is 16.4 Å². The molecule has 0 spiro atoms. The lowest BCUT2D eigenvalue weighted by molar-refractivity contribution is 0.475. The lowest BCUT2D eigenvalue weighted by Gasteiger charge is -2.06. The third-order valence-electron chi connectivity index (χ3n) is 2.64. The molecule has 2 rings (SSSR count). The number of phenols is 1. The van der Waals surface area contributed by atoms with Crippen LogP contribution in [0.3, 0.4) is 0 Å². The van der Waals surface area contributed by atoms with Gasteiger partial charge in [-0.3, -0.25) is 4.98 Å². The second-order valence-corrected chi connectivity index (χ2v) is 4.60. The Bertz CT molecular complexity index is 526. The SMILES string of the molecule is Cc1ccc(CNCc2ccc(O)c(Cl)c2)cn1. The summed E-state index contributed by atoms with van der Waals surface area (Å²) in [5, 5.41) is 13.0. The minimum absolute atomic E-state index is 0.114. The van der Waals surface area contributed by atoms with E-state index in [9.17, 15) is 5.11 Å². The highest BCUT2D eigenvalue weighted by atomic mass is 35.5. The maximum Gasteiger partial charge on any atom is 0.134 e. The number of phenolic OH excluding ortho intramolecular Hbond substituents is 1. The average Bonchev–Trinajstić information content (AvgIpc) is 2.36. The highest BCUT2D eigenvalue weighted by Crippen LogP contribution is 2.23. The second kappa shape index (κ2) is 5.85. The maximum atomic E-state index is 9.31. The van der Waals surface area contributed by atoms with Gasteiger partial charge in [-0.05, 0) is 36.2 Å². The molecule has 2 aromatic rings. The zero-order valence-corrected chi connectivity index (χ0v) is 10.9. The summed E-state index contributed by atoms with van der Waals surface area (Å²) in [5.74, 6) is 0.114. The first-order valence-electron chi connectivity index (χ1n) is 5.75. The van der Waals surface area contributed by atoms with Crippen molar-refractivity contribution < 1.29 is 5.11 Å². The van der Waals surface area contributed by atoms with Crippen LogP contribution in [0.4, 0.5) is 0 Å². The largest absolute Gasteiger partial charge is 0.506 e. The molecule has 0 amide bonds. The minimum atomic E-state index is 0.114. The topological polar surface area (TPSA) is 45.1 Å². The molecule has 18 heavy (non-hydrogen) atoms. The summed E-state index contributed by atoms with van der Waals surface area (Å²) in [6.45, 7) is 3.43. The first-order valence-corrected chi connectivity index (χ1v) is 6.12. The number of nitrogens with one attached hydrogen (secondary N) is 1. The van der Waals surface area contributed by atoms with Gasteiger partial charge >= 0.3 is 0 Å². The lowest BCUT2D eigenvalue weighted by atomic mass is 10.2. The predicted octanol–water partition coefficient (Wildman–Crippen LogP) is 3.04. The van der Waals surface area contributed by atoms with Crippen LogP contribution in [0.5, 0.6) is 5.75 Å². The van der Waals surface area contributed by atoms with Crippen molar-refractivity contribution in [1.82, 2.24) is 10.3 Å². The highest BCUT2D eigenvalue weighted by Gasteiger charge is 2.00. The molecule has 0 radical (unpaired) electrons. The summed E-state index contributed by atoms with van der Waals surface area (Å²) in [5.41, 5.74) is 3.20. The number of pyridine rings is 1. The van der Waals surface area contributed by atoms with E-state index in [4.69, 9.17) is 11.6 Å².